The molecule has 250 valence electrons. The first-order chi connectivity index (χ1) is 20.2. The number of para-hydroxylation sites is 2. The Morgan fingerprint density at radius 2 is 0.933 bits per heavy atom. The van der Waals surface area contributed by atoms with E-state index in [1.54, 1.807) is 12.4 Å². The van der Waals surface area contributed by atoms with Crippen molar-refractivity contribution in [2.75, 3.05) is 0 Å². The van der Waals surface area contributed by atoms with E-state index in [0.717, 1.165) is 68.7 Å². The van der Waals surface area contributed by atoms with E-state index in [1.807, 2.05) is 36.4 Å². The van der Waals surface area contributed by atoms with Crippen LogP contribution in [0.15, 0.2) is 46.4 Å². The molecule has 1 aliphatic carbocycles. The molecule has 1 fully saturated rings. The Morgan fingerprint density at radius 3 is 1.18 bits per heavy atom. The Kier molecular flexibility index (Phi) is 19.6. The van der Waals surface area contributed by atoms with E-state index in [9.17, 15) is 10.2 Å². The predicted molar refractivity (Wildman–Crippen MR) is 167 cm³/mol. The molecule has 10 nitrogen and oxygen atoms in total. The Bertz CT molecular complexity index is 1170. The van der Waals surface area contributed by atoms with E-state index < -0.39 is 17.9 Å². The molecule has 0 radical (unpaired) electrons. The van der Waals surface area contributed by atoms with Crippen molar-refractivity contribution in [2.45, 2.75) is 111 Å². The maximum atomic E-state index is 10.7. The molecule has 0 aliphatic heterocycles. The summed E-state index contributed by atoms with van der Waals surface area (Å²) in [6.45, 7) is 15.5. The topological polar surface area (TPSA) is 186 Å². The van der Waals surface area contributed by atoms with Crippen LogP contribution < -0.4 is 15.3 Å². The fraction of sp³-hybridized carbons (Fsp3) is 0.500. The van der Waals surface area contributed by atoms with Gasteiger partial charge >= 0.3 is 16.8 Å². The third-order valence-electron chi connectivity index (χ3n) is 6.25. The molecule has 0 heterocycles. The van der Waals surface area contributed by atoms with Crippen molar-refractivity contribution in [1.82, 2.24) is 0 Å². The summed E-state index contributed by atoms with van der Waals surface area (Å²) in [6, 6.07) is 11.9. The zero-order chi connectivity index (χ0) is 34.3. The number of carbonyl (C=O) groups is 3. The Balaban J connectivity index is 0. The van der Waals surface area contributed by atoms with Gasteiger partial charge in [-0.1, -0.05) is 78.6 Å². The molecule has 2 aromatic carbocycles. The predicted octanol–water partition coefficient (Wildman–Crippen LogP) is 2.81. The van der Waals surface area contributed by atoms with Crippen LogP contribution in [0.2, 0.25) is 0 Å². The van der Waals surface area contributed by atoms with Crippen LogP contribution in [0.4, 0.5) is 0 Å². The zero-order valence-corrected chi connectivity index (χ0v) is 28.7. The van der Waals surface area contributed by atoms with Gasteiger partial charge in [-0.3, -0.25) is 9.98 Å². The van der Waals surface area contributed by atoms with Crippen molar-refractivity contribution < 1.29 is 56.7 Å². The number of carboxylic acid groups (broad SMARTS) is 3. The number of aromatic hydroxyl groups is 2. The van der Waals surface area contributed by atoms with Crippen LogP contribution in [0.1, 0.15) is 110 Å². The average molecular weight is 671 g/mol. The van der Waals surface area contributed by atoms with Crippen molar-refractivity contribution in [3.8, 4) is 11.5 Å². The summed E-state index contributed by atoms with van der Waals surface area (Å²) in [5.41, 5.74) is 3.09. The number of nitrogens with zero attached hydrogens (tertiary/aromatic N) is 2. The first kappa shape index (κ1) is 43.4. The van der Waals surface area contributed by atoms with E-state index in [0.29, 0.717) is 11.5 Å². The molecule has 0 amide bonds. The van der Waals surface area contributed by atoms with Crippen molar-refractivity contribution in [2.24, 2.45) is 9.98 Å². The summed E-state index contributed by atoms with van der Waals surface area (Å²) in [6.07, 6.45) is 7.83. The third kappa shape index (κ3) is 18.0. The first-order valence-corrected chi connectivity index (χ1v) is 14.4. The number of carboxylic acids is 3. The fourth-order valence-electron chi connectivity index (χ4n) is 4.33. The van der Waals surface area contributed by atoms with Crippen LogP contribution >= 0.6 is 0 Å². The van der Waals surface area contributed by atoms with Crippen LogP contribution in [-0.2, 0) is 42.0 Å². The molecular weight excluding hydrogens is 623 g/mol. The number of hydrogen-bond acceptors (Lipinski definition) is 10. The number of benzene rings is 2. The standard InChI is InChI=1S/C28H38N2O2.3C2H4O2.Co/c1-27(2,3)21-13-9-11-19(25(21)31)17-29-23-15-7-8-16-24(23)30-18-20-12-10-14-22(26(20)32)28(4,5)6;3*1-2(3)4;/h9-14,17-18,23-24,31-32H,7-8,15-16H2,1-6H3;3*1H3,(H,3,4);/q;;;;+3/p-3/t23-,24-;;;;/m1..../s1. The molecular formula is C34H47CoN2O8. The van der Waals surface area contributed by atoms with Gasteiger partial charge in [0.15, 0.2) is 0 Å². The summed E-state index contributed by atoms with van der Waals surface area (Å²) < 4.78 is 0. The summed E-state index contributed by atoms with van der Waals surface area (Å²) in [5.74, 6) is -2.63. The molecule has 0 saturated heterocycles. The fourth-order valence-corrected chi connectivity index (χ4v) is 4.33. The third-order valence-corrected chi connectivity index (χ3v) is 6.25. The number of hydrogen-bond donors (Lipinski definition) is 2. The van der Waals surface area contributed by atoms with Gasteiger partial charge in [-0.05, 0) is 67.7 Å². The summed E-state index contributed by atoms with van der Waals surface area (Å²) in [4.78, 5) is 36.4. The summed E-state index contributed by atoms with van der Waals surface area (Å²) in [5, 5.41) is 48.2. The van der Waals surface area contributed by atoms with Crippen molar-refractivity contribution in [3.63, 3.8) is 0 Å². The second kappa shape index (κ2) is 20.4. The Morgan fingerprint density at radius 1 is 0.667 bits per heavy atom. The van der Waals surface area contributed by atoms with Crippen LogP contribution in [0.25, 0.3) is 0 Å². The van der Waals surface area contributed by atoms with E-state index in [2.05, 4.69) is 41.5 Å². The Hall–Kier alpha value is -3.70. The van der Waals surface area contributed by atoms with Gasteiger partial charge in [0, 0.05) is 41.5 Å². The number of phenolic OH excluding ortho intramolecular Hbond substituents is 2. The number of carbonyl (C=O) groups excluding carboxylic acids is 3. The molecule has 0 spiro atoms. The SMILES string of the molecule is CC(=O)[O-].CC(=O)[O-].CC(=O)[O-].CC(C)(C)c1cccc(C=N[C@@H]2CCCC[C@H]2N=Cc2cccc(C(C)(C)C)c2O)c1O.[Co+3]. The van der Waals surface area contributed by atoms with Gasteiger partial charge in [-0.2, -0.15) is 0 Å². The maximum absolute atomic E-state index is 10.7. The first-order valence-electron chi connectivity index (χ1n) is 14.4. The van der Waals surface area contributed by atoms with Gasteiger partial charge < -0.3 is 39.9 Å². The monoisotopic (exact) mass is 670 g/mol. The van der Waals surface area contributed by atoms with E-state index in [-0.39, 0.29) is 39.7 Å². The second-order valence-electron chi connectivity index (χ2n) is 12.4. The number of rotatable bonds is 4. The van der Waals surface area contributed by atoms with Crippen molar-refractivity contribution in [1.29, 1.82) is 0 Å². The average Bonchev–Trinajstić information content (AvgIpc) is 2.85. The molecule has 0 bridgehead atoms. The minimum absolute atomic E-state index is 0. The summed E-state index contributed by atoms with van der Waals surface area (Å²) in [7, 11) is 0. The number of phenols is 2. The van der Waals surface area contributed by atoms with Crippen LogP contribution in [0.3, 0.4) is 0 Å². The molecule has 0 unspecified atom stereocenters. The van der Waals surface area contributed by atoms with Crippen LogP contribution in [-0.4, -0.2) is 52.6 Å². The van der Waals surface area contributed by atoms with Gasteiger partial charge in [0.05, 0.1) is 12.1 Å². The molecule has 1 saturated carbocycles. The van der Waals surface area contributed by atoms with E-state index >= 15 is 0 Å². The van der Waals surface area contributed by atoms with Gasteiger partial charge in [0.25, 0.3) is 0 Å². The summed E-state index contributed by atoms with van der Waals surface area (Å²) >= 11 is 0. The normalized spacial score (nSPS) is 16.1. The molecule has 3 rings (SSSR count). The van der Waals surface area contributed by atoms with Gasteiger partial charge in [0.2, 0.25) is 0 Å². The van der Waals surface area contributed by atoms with Crippen LogP contribution in [0.5, 0.6) is 11.5 Å². The van der Waals surface area contributed by atoms with Crippen molar-refractivity contribution in [3.05, 3.63) is 58.7 Å². The quantitative estimate of drug-likeness (QED) is 0.465. The number of aliphatic carboxylic acids is 3. The molecule has 11 heteroatoms. The van der Waals surface area contributed by atoms with E-state index in [1.165, 1.54) is 0 Å². The smallest absolute Gasteiger partial charge is 0.550 e. The maximum Gasteiger partial charge on any atom is 3.00 e. The largest absolute Gasteiger partial charge is 3.00 e. The number of aliphatic imine (C=N–C) groups is 2. The van der Waals surface area contributed by atoms with E-state index in [4.69, 9.17) is 39.7 Å². The van der Waals surface area contributed by atoms with Crippen LogP contribution in [0, 0.1) is 0 Å². The second-order valence-corrected chi connectivity index (χ2v) is 12.4. The van der Waals surface area contributed by atoms with Gasteiger partial charge in [-0.15, -0.1) is 0 Å². The molecule has 45 heavy (non-hydrogen) atoms. The minimum atomic E-state index is -1.08. The zero-order valence-electron chi connectivity index (χ0n) is 27.7. The molecule has 0 aromatic heterocycles. The molecule has 2 aromatic rings. The molecule has 1 aliphatic rings. The van der Waals surface area contributed by atoms with Crippen molar-refractivity contribution >= 4 is 30.3 Å². The van der Waals surface area contributed by atoms with Gasteiger partial charge in [-0.25, -0.2) is 0 Å². The molecule has 2 N–H and O–H groups in total. The minimum Gasteiger partial charge on any atom is -0.550 e. The molecule has 2 atom stereocenters. The van der Waals surface area contributed by atoms with Gasteiger partial charge in [0.1, 0.15) is 11.5 Å². The Labute approximate surface area is 277 Å².